The van der Waals surface area contributed by atoms with Crippen LogP contribution in [0.3, 0.4) is 0 Å². The van der Waals surface area contributed by atoms with E-state index in [0.717, 1.165) is 29.8 Å². The van der Waals surface area contributed by atoms with E-state index in [1.807, 2.05) is 24.3 Å². The molecule has 0 atom stereocenters. The number of ether oxygens (including phenoxy) is 4. The third-order valence-corrected chi connectivity index (χ3v) is 8.94. The fourth-order valence-corrected chi connectivity index (χ4v) is 6.20. The maximum absolute atomic E-state index is 12.0. The summed E-state index contributed by atoms with van der Waals surface area (Å²) in [4.78, 5) is 26.3. The van der Waals surface area contributed by atoms with Crippen LogP contribution in [0, 0.1) is 0 Å². The second kappa shape index (κ2) is 18.1. The summed E-state index contributed by atoms with van der Waals surface area (Å²) in [6.45, 7) is 5.26. The van der Waals surface area contributed by atoms with Gasteiger partial charge in [-0.3, -0.25) is 4.90 Å². The van der Waals surface area contributed by atoms with E-state index >= 15 is 0 Å². The summed E-state index contributed by atoms with van der Waals surface area (Å²) in [5.74, 6) is 1.60. The van der Waals surface area contributed by atoms with Gasteiger partial charge in [-0.2, -0.15) is 0 Å². The van der Waals surface area contributed by atoms with Gasteiger partial charge in [0.05, 0.1) is 24.8 Å². The molecule has 5 rings (SSSR count). The molecular formula is C41H47NO6. The minimum Gasteiger partial charge on any atom is -0.492 e. The van der Waals surface area contributed by atoms with Crippen molar-refractivity contribution in [1.82, 2.24) is 4.90 Å². The van der Waals surface area contributed by atoms with Crippen molar-refractivity contribution in [2.45, 2.75) is 64.5 Å². The highest BCUT2D eigenvalue weighted by Gasteiger charge is 2.16. The molecule has 0 aliphatic heterocycles. The van der Waals surface area contributed by atoms with Crippen LogP contribution in [0.25, 0.3) is 0 Å². The number of para-hydroxylation sites is 1. The van der Waals surface area contributed by atoms with Crippen molar-refractivity contribution in [3.8, 4) is 11.5 Å². The Kier molecular flexibility index (Phi) is 13.1. The van der Waals surface area contributed by atoms with Crippen molar-refractivity contribution < 1.29 is 28.5 Å². The maximum Gasteiger partial charge on any atom is 0.338 e. The lowest BCUT2D eigenvalue weighted by Crippen LogP contribution is -2.30. The Labute approximate surface area is 284 Å². The van der Waals surface area contributed by atoms with E-state index in [9.17, 15) is 9.59 Å². The second-order valence-electron chi connectivity index (χ2n) is 12.3. The number of hydrogen-bond acceptors (Lipinski definition) is 7. The quantitative estimate of drug-likeness (QED) is 0.113. The molecule has 4 aromatic carbocycles. The third-order valence-electron chi connectivity index (χ3n) is 8.94. The molecule has 0 unspecified atom stereocenters. The molecule has 1 fully saturated rings. The summed E-state index contributed by atoms with van der Waals surface area (Å²) in [6.07, 6.45) is 7.44. The molecule has 1 saturated carbocycles. The SMILES string of the molecule is CCOC(=O)c1ccc(OCCN(CCc2ccccc2OCc2ccc(C3CCCCC3)cc2)Cc2ccc(C(=O)OC)cc2)cc1. The Balaban J connectivity index is 1.20. The van der Waals surface area contributed by atoms with E-state index in [0.29, 0.717) is 55.7 Å². The number of rotatable bonds is 16. The lowest BCUT2D eigenvalue weighted by atomic mass is 9.84. The van der Waals surface area contributed by atoms with Crippen molar-refractivity contribution in [2.24, 2.45) is 0 Å². The first kappa shape index (κ1) is 34.7. The van der Waals surface area contributed by atoms with Gasteiger partial charge in [0.1, 0.15) is 24.7 Å². The predicted molar refractivity (Wildman–Crippen MR) is 188 cm³/mol. The van der Waals surface area contributed by atoms with Crippen LogP contribution in [0.1, 0.15) is 87.9 Å². The average molecular weight is 650 g/mol. The Morgan fingerprint density at radius 3 is 2.10 bits per heavy atom. The molecule has 0 saturated heterocycles. The smallest absolute Gasteiger partial charge is 0.338 e. The van der Waals surface area contributed by atoms with Gasteiger partial charge in [-0.25, -0.2) is 9.59 Å². The van der Waals surface area contributed by atoms with Crippen molar-refractivity contribution in [2.75, 3.05) is 33.4 Å². The van der Waals surface area contributed by atoms with Crippen molar-refractivity contribution in [3.63, 3.8) is 0 Å². The zero-order chi connectivity index (χ0) is 33.6. The molecular weight excluding hydrogens is 602 g/mol. The molecule has 7 heteroatoms. The van der Waals surface area contributed by atoms with Crippen LogP contribution >= 0.6 is 0 Å². The van der Waals surface area contributed by atoms with Gasteiger partial charge in [0.25, 0.3) is 0 Å². The van der Waals surface area contributed by atoms with E-state index in [-0.39, 0.29) is 11.9 Å². The highest BCUT2D eigenvalue weighted by atomic mass is 16.5. The van der Waals surface area contributed by atoms with Crippen LogP contribution in [-0.4, -0.2) is 50.3 Å². The Hall–Kier alpha value is -4.62. The number of hydrogen-bond donors (Lipinski definition) is 0. The second-order valence-corrected chi connectivity index (χ2v) is 12.3. The molecule has 0 amide bonds. The van der Waals surface area contributed by atoms with Gasteiger partial charge in [-0.05, 0) is 96.8 Å². The van der Waals surface area contributed by atoms with Gasteiger partial charge in [0, 0.05) is 19.6 Å². The number of nitrogens with zero attached hydrogens (tertiary/aromatic N) is 1. The molecule has 0 aromatic heterocycles. The molecule has 1 aliphatic carbocycles. The first-order valence-corrected chi connectivity index (χ1v) is 17.1. The number of carbonyl (C=O) groups excluding carboxylic acids is 2. The minimum atomic E-state index is -0.349. The minimum absolute atomic E-state index is 0.336. The van der Waals surface area contributed by atoms with Gasteiger partial charge in [0.15, 0.2) is 0 Å². The molecule has 48 heavy (non-hydrogen) atoms. The Morgan fingerprint density at radius 2 is 1.40 bits per heavy atom. The van der Waals surface area contributed by atoms with Gasteiger partial charge in [0.2, 0.25) is 0 Å². The molecule has 0 heterocycles. The first-order chi connectivity index (χ1) is 23.5. The van der Waals surface area contributed by atoms with Crippen LogP contribution in [0.5, 0.6) is 11.5 Å². The number of methoxy groups -OCH3 is 1. The molecule has 7 nitrogen and oxygen atoms in total. The number of esters is 2. The van der Waals surface area contributed by atoms with Gasteiger partial charge < -0.3 is 18.9 Å². The lowest BCUT2D eigenvalue weighted by Gasteiger charge is -2.23. The molecule has 252 valence electrons. The van der Waals surface area contributed by atoms with Crippen LogP contribution < -0.4 is 9.47 Å². The summed E-state index contributed by atoms with van der Waals surface area (Å²) < 4.78 is 22.4. The van der Waals surface area contributed by atoms with Crippen molar-refractivity contribution in [3.05, 3.63) is 130 Å². The topological polar surface area (TPSA) is 74.3 Å². The largest absolute Gasteiger partial charge is 0.492 e. The molecule has 0 radical (unpaired) electrons. The first-order valence-electron chi connectivity index (χ1n) is 17.1. The van der Waals surface area contributed by atoms with E-state index in [2.05, 4.69) is 41.3 Å². The molecule has 4 aromatic rings. The number of carbonyl (C=O) groups is 2. The maximum atomic E-state index is 12.0. The summed E-state index contributed by atoms with van der Waals surface area (Å²) in [6, 6.07) is 31.8. The molecule has 0 bridgehead atoms. The Morgan fingerprint density at radius 1 is 0.729 bits per heavy atom. The highest BCUT2D eigenvalue weighted by Crippen LogP contribution is 2.32. The Bertz CT molecular complexity index is 1580. The monoisotopic (exact) mass is 649 g/mol. The van der Waals surface area contributed by atoms with E-state index < -0.39 is 0 Å². The average Bonchev–Trinajstić information content (AvgIpc) is 3.14. The normalized spacial score (nSPS) is 13.2. The predicted octanol–water partition coefficient (Wildman–Crippen LogP) is 8.40. The fraction of sp³-hybridized carbons (Fsp3) is 0.366. The molecule has 0 N–H and O–H groups in total. The molecule has 1 aliphatic rings. The third kappa shape index (κ3) is 10.2. The van der Waals surface area contributed by atoms with Gasteiger partial charge in [-0.1, -0.05) is 73.9 Å². The molecule has 0 spiro atoms. The van der Waals surface area contributed by atoms with Crippen LogP contribution in [0.2, 0.25) is 0 Å². The summed E-state index contributed by atoms with van der Waals surface area (Å²) >= 11 is 0. The standard InChI is InChI=1S/C41H47NO6/c1-3-46-41(44)37-21-23-38(24-22-37)47-28-27-42(29-31-13-19-36(20-14-31)40(43)45-2)26-25-35-11-7-8-12-39(35)48-30-32-15-17-34(18-16-32)33-9-5-4-6-10-33/h7-8,11-24,33H,3-6,9-10,25-30H2,1-2H3. The summed E-state index contributed by atoms with van der Waals surface area (Å²) in [5.41, 5.74) is 5.89. The van der Waals surface area contributed by atoms with Gasteiger partial charge >= 0.3 is 11.9 Å². The van der Waals surface area contributed by atoms with Gasteiger partial charge in [-0.15, -0.1) is 0 Å². The highest BCUT2D eigenvalue weighted by molar-refractivity contribution is 5.89. The number of benzene rings is 4. The van der Waals surface area contributed by atoms with Crippen LogP contribution in [0.4, 0.5) is 0 Å². The zero-order valence-corrected chi connectivity index (χ0v) is 28.2. The van der Waals surface area contributed by atoms with E-state index in [1.54, 1.807) is 43.3 Å². The van der Waals surface area contributed by atoms with E-state index in [4.69, 9.17) is 18.9 Å². The summed E-state index contributed by atoms with van der Waals surface area (Å²) in [5, 5.41) is 0. The van der Waals surface area contributed by atoms with E-state index in [1.165, 1.54) is 50.3 Å². The fourth-order valence-electron chi connectivity index (χ4n) is 6.20. The summed E-state index contributed by atoms with van der Waals surface area (Å²) in [7, 11) is 1.39. The van der Waals surface area contributed by atoms with Crippen LogP contribution in [-0.2, 0) is 29.0 Å². The van der Waals surface area contributed by atoms with Crippen molar-refractivity contribution >= 4 is 11.9 Å². The zero-order valence-electron chi connectivity index (χ0n) is 28.2. The van der Waals surface area contributed by atoms with Crippen molar-refractivity contribution in [1.29, 1.82) is 0 Å². The lowest BCUT2D eigenvalue weighted by molar-refractivity contribution is 0.0525. The van der Waals surface area contributed by atoms with Crippen LogP contribution in [0.15, 0.2) is 97.1 Å².